The number of alkyl halides is 6. The molecule has 0 aliphatic carbocycles. The number of hydrogen-bond acceptors (Lipinski definition) is 2. The van der Waals surface area contributed by atoms with Gasteiger partial charge in [0.05, 0.1) is 23.3 Å². The molecular formula is C13H16ClF6NO. The van der Waals surface area contributed by atoms with Crippen LogP contribution in [0.5, 0.6) is 0 Å². The fourth-order valence-electron chi connectivity index (χ4n) is 1.87. The molecule has 2 atom stereocenters. The molecule has 0 spiro atoms. The number of benzene rings is 1. The van der Waals surface area contributed by atoms with Gasteiger partial charge < -0.3 is 10.8 Å². The number of halogens is 7. The van der Waals surface area contributed by atoms with E-state index in [-0.39, 0.29) is 12.4 Å². The van der Waals surface area contributed by atoms with E-state index in [0.717, 1.165) is 0 Å². The molecule has 0 amide bonds. The van der Waals surface area contributed by atoms with E-state index in [9.17, 15) is 31.4 Å². The first-order chi connectivity index (χ1) is 9.35. The van der Waals surface area contributed by atoms with Gasteiger partial charge in [0.15, 0.2) is 0 Å². The molecule has 22 heavy (non-hydrogen) atoms. The van der Waals surface area contributed by atoms with Crippen molar-refractivity contribution in [2.24, 2.45) is 11.7 Å². The molecule has 0 radical (unpaired) electrons. The molecule has 0 bridgehead atoms. The highest BCUT2D eigenvalue weighted by molar-refractivity contribution is 5.85. The molecule has 1 rings (SSSR count). The van der Waals surface area contributed by atoms with E-state index in [1.165, 1.54) is 13.8 Å². The number of aliphatic hydroxyl groups excluding tert-OH is 1. The van der Waals surface area contributed by atoms with Crippen LogP contribution in [0.4, 0.5) is 26.3 Å². The van der Waals surface area contributed by atoms with Gasteiger partial charge in [0.25, 0.3) is 0 Å². The Bertz CT molecular complexity index is 500. The Morgan fingerprint density at radius 1 is 1.00 bits per heavy atom. The minimum absolute atomic E-state index is 0. The number of nitrogens with two attached hydrogens (primary N) is 1. The summed E-state index contributed by atoms with van der Waals surface area (Å²) in [7, 11) is 0. The summed E-state index contributed by atoms with van der Waals surface area (Å²) in [5, 5.41) is 9.76. The van der Waals surface area contributed by atoms with Crippen molar-refractivity contribution in [2.45, 2.75) is 38.3 Å². The van der Waals surface area contributed by atoms with Crippen LogP contribution in [0.2, 0.25) is 0 Å². The molecule has 0 saturated heterocycles. The average Bonchev–Trinajstić information content (AvgIpc) is 2.34. The molecule has 0 heterocycles. The van der Waals surface area contributed by atoms with Crippen molar-refractivity contribution in [3.8, 4) is 0 Å². The van der Waals surface area contributed by atoms with E-state index in [4.69, 9.17) is 5.73 Å². The van der Waals surface area contributed by atoms with Gasteiger partial charge in [-0.05, 0) is 29.7 Å². The van der Waals surface area contributed by atoms with Gasteiger partial charge >= 0.3 is 12.4 Å². The number of aliphatic hydroxyl groups is 1. The van der Waals surface area contributed by atoms with Gasteiger partial charge in [0, 0.05) is 0 Å². The lowest BCUT2D eigenvalue weighted by molar-refractivity contribution is -0.142. The summed E-state index contributed by atoms with van der Waals surface area (Å²) in [6, 6.07) is -0.533. The van der Waals surface area contributed by atoms with Gasteiger partial charge in [-0.1, -0.05) is 13.8 Å². The lowest BCUT2D eigenvalue weighted by atomic mass is 9.90. The standard InChI is InChI=1S/C13H15F6NO.ClH/c1-6(2)11(21)10(20)8-5-7(12(14,15)16)3-4-9(8)13(17,18)19;/h3-6,10-11,21H,20H2,1-2H3;1H/t10-,11+;/m0./s1. The first-order valence-corrected chi connectivity index (χ1v) is 6.07. The van der Waals surface area contributed by atoms with Gasteiger partial charge in [-0.2, -0.15) is 26.3 Å². The zero-order chi connectivity index (χ0) is 16.6. The van der Waals surface area contributed by atoms with Crippen LogP contribution < -0.4 is 5.73 Å². The molecule has 0 aliphatic rings. The highest BCUT2D eigenvalue weighted by atomic mass is 35.5. The highest BCUT2D eigenvalue weighted by Gasteiger charge is 2.39. The zero-order valence-corrected chi connectivity index (χ0v) is 12.5. The Hall–Kier alpha value is -0.990. The predicted molar refractivity (Wildman–Crippen MR) is 71.5 cm³/mol. The van der Waals surface area contributed by atoms with E-state index >= 15 is 0 Å². The molecule has 1 aromatic carbocycles. The summed E-state index contributed by atoms with van der Waals surface area (Å²) >= 11 is 0. The maximum absolute atomic E-state index is 12.9. The molecule has 0 unspecified atom stereocenters. The van der Waals surface area contributed by atoms with Crippen LogP contribution >= 0.6 is 12.4 Å². The second kappa shape index (κ2) is 7.06. The Morgan fingerprint density at radius 2 is 1.50 bits per heavy atom. The summed E-state index contributed by atoms with van der Waals surface area (Å²) in [5.74, 6) is -0.504. The van der Waals surface area contributed by atoms with Crippen LogP contribution in [0.3, 0.4) is 0 Å². The van der Waals surface area contributed by atoms with Crippen molar-refractivity contribution in [1.29, 1.82) is 0 Å². The first kappa shape index (κ1) is 21.0. The van der Waals surface area contributed by atoms with E-state index < -0.39 is 47.1 Å². The maximum Gasteiger partial charge on any atom is 0.416 e. The van der Waals surface area contributed by atoms with Crippen molar-refractivity contribution in [3.63, 3.8) is 0 Å². The van der Waals surface area contributed by atoms with Crippen LogP contribution in [0.1, 0.15) is 36.6 Å². The topological polar surface area (TPSA) is 46.2 Å². The second-order valence-electron chi connectivity index (χ2n) is 5.06. The quantitative estimate of drug-likeness (QED) is 0.803. The lowest BCUT2D eigenvalue weighted by Crippen LogP contribution is -2.32. The monoisotopic (exact) mass is 351 g/mol. The summed E-state index contributed by atoms with van der Waals surface area (Å²) < 4.78 is 76.6. The average molecular weight is 352 g/mol. The minimum Gasteiger partial charge on any atom is -0.391 e. The van der Waals surface area contributed by atoms with Crippen LogP contribution in [0.25, 0.3) is 0 Å². The van der Waals surface area contributed by atoms with Crippen molar-refractivity contribution >= 4 is 12.4 Å². The van der Waals surface area contributed by atoms with Gasteiger partial charge in [-0.3, -0.25) is 0 Å². The Balaban J connectivity index is 0.00000441. The third kappa shape index (κ3) is 4.76. The minimum atomic E-state index is -4.85. The summed E-state index contributed by atoms with van der Waals surface area (Å²) in [5.41, 5.74) is 2.25. The van der Waals surface area contributed by atoms with Crippen LogP contribution in [0, 0.1) is 5.92 Å². The van der Waals surface area contributed by atoms with Crippen LogP contribution in [0.15, 0.2) is 18.2 Å². The van der Waals surface area contributed by atoms with E-state index in [1.807, 2.05) is 0 Å². The molecule has 3 N–H and O–H groups in total. The largest absolute Gasteiger partial charge is 0.416 e. The van der Waals surface area contributed by atoms with E-state index in [1.54, 1.807) is 0 Å². The summed E-state index contributed by atoms with van der Waals surface area (Å²) in [4.78, 5) is 0. The Morgan fingerprint density at radius 3 is 1.86 bits per heavy atom. The lowest BCUT2D eigenvalue weighted by Gasteiger charge is -2.26. The van der Waals surface area contributed by atoms with Crippen LogP contribution in [-0.4, -0.2) is 11.2 Å². The van der Waals surface area contributed by atoms with E-state index in [2.05, 4.69) is 0 Å². The third-order valence-corrected chi connectivity index (χ3v) is 3.09. The molecular weight excluding hydrogens is 336 g/mol. The van der Waals surface area contributed by atoms with Crippen molar-refractivity contribution in [2.75, 3.05) is 0 Å². The number of rotatable bonds is 3. The van der Waals surface area contributed by atoms with Gasteiger partial charge in [0.1, 0.15) is 0 Å². The molecule has 1 aromatic rings. The zero-order valence-electron chi connectivity index (χ0n) is 11.7. The predicted octanol–water partition coefficient (Wildman–Crippen LogP) is 4.16. The van der Waals surface area contributed by atoms with Crippen LogP contribution in [-0.2, 0) is 12.4 Å². The third-order valence-electron chi connectivity index (χ3n) is 3.09. The maximum atomic E-state index is 12.9. The molecule has 128 valence electrons. The Kier molecular flexibility index (Phi) is 6.74. The second-order valence-corrected chi connectivity index (χ2v) is 5.06. The van der Waals surface area contributed by atoms with E-state index in [0.29, 0.717) is 18.2 Å². The van der Waals surface area contributed by atoms with Crippen molar-refractivity contribution in [1.82, 2.24) is 0 Å². The normalized spacial score (nSPS) is 15.4. The Labute approximate surface area is 129 Å². The molecule has 0 fully saturated rings. The fourth-order valence-corrected chi connectivity index (χ4v) is 1.87. The molecule has 0 aromatic heterocycles. The van der Waals surface area contributed by atoms with Gasteiger partial charge in [-0.15, -0.1) is 12.4 Å². The molecule has 2 nitrogen and oxygen atoms in total. The van der Waals surface area contributed by atoms with Gasteiger partial charge in [-0.25, -0.2) is 0 Å². The number of hydrogen-bond donors (Lipinski definition) is 2. The SMILES string of the molecule is CC(C)[C@@H](O)[C@@H](N)c1cc(C(F)(F)F)ccc1C(F)(F)F.Cl. The summed E-state index contributed by atoms with van der Waals surface area (Å²) in [6.07, 6.45) is -11.0. The van der Waals surface area contributed by atoms with Crippen molar-refractivity contribution < 1.29 is 31.4 Å². The molecule has 0 saturated carbocycles. The first-order valence-electron chi connectivity index (χ1n) is 6.07. The fraction of sp³-hybridized carbons (Fsp3) is 0.538. The smallest absolute Gasteiger partial charge is 0.391 e. The molecule has 0 aliphatic heterocycles. The molecule has 9 heteroatoms. The van der Waals surface area contributed by atoms with Crippen molar-refractivity contribution in [3.05, 3.63) is 34.9 Å². The van der Waals surface area contributed by atoms with Gasteiger partial charge in [0.2, 0.25) is 0 Å². The highest BCUT2D eigenvalue weighted by Crippen LogP contribution is 2.39. The summed E-state index contributed by atoms with van der Waals surface area (Å²) in [6.45, 7) is 3.01.